The zero-order chi connectivity index (χ0) is 22.9. The van der Waals surface area contributed by atoms with Crippen LogP contribution in [0.3, 0.4) is 0 Å². The number of aryl methyl sites for hydroxylation is 1. The average molecular weight is 458 g/mol. The predicted octanol–water partition coefficient (Wildman–Crippen LogP) is 3.07. The van der Waals surface area contributed by atoms with E-state index < -0.39 is 10.0 Å². The van der Waals surface area contributed by atoms with Crippen LogP contribution in [0.25, 0.3) is 0 Å². The summed E-state index contributed by atoms with van der Waals surface area (Å²) < 4.78 is 32.5. The van der Waals surface area contributed by atoms with Gasteiger partial charge in [-0.15, -0.1) is 0 Å². The monoisotopic (exact) mass is 457 g/mol. The summed E-state index contributed by atoms with van der Waals surface area (Å²) in [5.74, 6) is 0.866. The van der Waals surface area contributed by atoms with Crippen LogP contribution in [-0.2, 0) is 27.7 Å². The Bertz CT molecular complexity index is 1110. The maximum absolute atomic E-state index is 13.2. The van der Waals surface area contributed by atoms with Gasteiger partial charge in [-0.25, -0.2) is 8.42 Å². The molecule has 0 atom stereocenters. The first kappa shape index (κ1) is 22.6. The van der Waals surface area contributed by atoms with E-state index in [-0.39, 0.29) is 12.5 Å². The fraction of sp³-hybridized carbons (Fsp3) is 0.458. The van der Waals surface area contributed by atoms with Crippen LogP contribution >= 0.6 is 0 Å². The van der Waals surface area contributed by atoms with Gasteiger partial charge in [0.2, 0.25) is 15.9 Å². The largest absolute Gasteiger partial charge is 0.497 e. The lowest BCUT2D eigenvalue weighted by Gasteiger charge is -2.31. The molecule has 0 radical (unpaired) electrons. The van der Waals surface area contributed by atoms with Crippen molar-refractivity contribution in [3.63, 3.8) is 0 Å². The van der Waals surface area contributed by atoms with Crippen LogP contribution in [0.2, 0.25) is 0 Å². The van der Waals surface area contributed by atoms with E-state index in [4.69, 9.17) is 4.74 Å². The Morgan fingerprint density at radius 1 is 1.00 bits per heavy atom. The van der Waals surface area contributed by atoms with Gasteiger partial charge in [0, 0.05) is 37.6 Å². The molecular weight excluding hydrogens is 426 g/mol. The third-order valence-corrected chi connectivity index (χ3v) is 8.46. The molecule has 0 aromatic heterocycles. The molecule has 2 aromatic carbocycles. The number of amides is 1. The van der Waals surface area contributed by atoms with Crippen LogP contribution in [0.1, 0.15) is 31.4 Å². The number of fused-ring (bicyclic) bond motifs is 2. The molecule has 2 aromatic rings. The number of ether oxygens (including phenoxy) is 1. The molecule has 1 amide bonds. The summed E-state index contributed by atoms with van der Waals surface area (Å²) >= 11 is 0. The molecule has 2 aliphatic rings. The van der Waals surface area contributed by atoms with Gasteiger partial charge in [-0.3, -0.25) is 4.79 Å². The summed E-state index contributed by atoms with van der Waals surface area (Å²) in [6, 6.07) is 11.2. The summed E-state index contributed by atoms with van der Waals surface area (Å²) in [6.07, 6.45) is 2.60. The number of hydrogen-bond acceptors (Lipinski definition) is 5. The molecule has 7 nitrogen and oxygen atoms in total. The van der Waals surface area contributed by atoms with Crippen LogP contribution in [-0.4, -0.2) is 58.5 Å². The Balaban J connectivity index is 1.52. The predicted molar refractivity (Wildman–Crippen MR) is 126 cm³/mol. The molecular formula is C24H31N3O4S. The van der Waals surface area contributed by atoms with E-state index in [1.165, 1.54) is 4.31 Å². The Labute approximate surface area is 190 Å². The fourth-order valence-corrected chi connectivity index (χ4v) is 6.20. The summed E-state index contributed by atoms with van der Waals surface area (Å²) in [5, 5.41) is 0. The normalized spacial score (nSPS) is 15.6. The molecule has 0 N–H and O–H groups in total. The Morgan fingerprint density at radius 2 is 1.72 bits per heavy atom. The maximum atomic E-state index is 13.2. The third kappa shape index (κ3) is 4.09. The number of methoxy groups -OCH3 is 1. The van der Waals surface area contributed by atoms with Gasteiger partial charge < -0.3 is 14.5 Å². The zero-order valence-corrected chi connectivity index (χ0v) is 19.8. The highest BCUT2D eigenvalue weighted by atomic mass is 32.2. The van der Waals surface area contributed by atoms with E-state index in [1.54, 1.807) is 19.2 Å². The van der Waals surface area contributed by atoms with Crippen LogP contribution in [0.4, 0.5) is 11.4 Å². The lowest BCUT2D eigenvalue weighted by atomic mass is 10.0. The van der Waals surface area contributed by atoms with Crippen molar-refractivity contribution < 1.29 is 17.9 Å². The molecule has 0 spiro atoms. The van der Waals surface area contributed by atoms with E-state index in [0.29, 0.717) is 31.1 Å². The van der Waals surface area contributed by atoms with Crippen molar-refractivity contribution >= 4 is 27.3 Å². The lowest BCUT2D eigenvalue weighted by molar-refractivity contribution is -0.117. The second-order valence-corrected chi connectivity index (χ2v) is 10.1. The van der Waals surface area contributed by atoms with E-state index in [0.717, 1.165) is 47.5 Å². The quantitative estimate of drug-likeness (QED) is 0.639. The van der Waals surface area contributed by atoms with Gasteiger partial charge in [0.1, 0.15) is 5.75 Å². The number of sulfonamides is 1. The number of carbonyl (C=O) groups is 1. The number of anilines is 2. The van der Waals surface area contributed by atoms with Crippen molar-refractivity contribution in [2.24, 2.45) is 0 Å². The standard InChI is InChI=1S/C24H31N3O4S/c1-4-26(5-2)32(29,30)21-9-11-22-19(16-21)12-14-25(22)17-24(28)27-13-6-7-18-15-20(31-3)8-10-23(18)27/h8-11,15-16H,4-7,12-14,17H2,1-3H3. The minimum absolute atomic E-state index is 0.0591. The fourth-order valence-electron chi connectivity index (χ4n) is 4.69. The number of carbonyl (C=O) groups excluding carboxylic acids is 1. The number of nitrogens with zero attached hydrogens (tertiary/aromatic N) is 3. The number of hydrogen-bond donors (Lipinski definition) is 0. The smallest absolute Gasteiger partial charge is 0.246 e. The molecule has 32 heavy (non-hydrogen) atoms. The van der Waals surface area contributed by atoms with Gasteiger partial charge in [0.15, 0.2) is 0 Å². The lowest BCUT2D eigenvalue weighted by Crippen LogP contribution is -2.42. The molecule has 2 heterocycles. The summed E-state index contributed by atoms with van der Waals surface area (Å²) in [6.45, 7) is 6.27. The molecule has 0 saturated carbocycles. The zero-order valence-electron chi connectivity index (χ0n) is 19.0. The molecule has 4 rings (SSSR count). The molecule has 0 unspecified atom stereocenters. The van der Waals surface area contributed by atoms with Gasteiger partial charge in [-0.2, -0.15) is 4.31 Å². The van der Waals surface area contributed by atoms with E-state index in [9.17, 15) is 13.2 Å². The summed E-state index contributed by atoms with van der Waals surface area (Å²) in [4.78, 5) is 17.5. The summed E-state index contributed by atoms with van der Waals surface area (Å²) in [5.41, 5.74) is 4.03. The molecule has 0 saturated heterocycles. The number of rotatable bonds is 7. The second kappa shape index (κ2) is 9.11. The van der Waals surface area contributed by atoms with Crippen LogP contribution in [0, 0.1) is 0 Å². The Hall–Kier alpha value is -2.58. The number of benzene rings is 2. The Morgan fingerprint density at radius 3 is 2.44 bits per heavy atom. The molecule has 8 heteroatoms. The van der Waals surface area contributed by atoms with Crippen molar-refractivity contribution in [1.82, 2.24) is 4.31 Å². The van der Waals surface area contributed by atoms with Crippen LogP contribution in [0.15, 0.2) is 41.3 Å². The van der Waals surface area contributed by atoms with Crippen molar-refractivity contribution in [2.45, 2.75) is 38.0 Å². The molecule has 0 bridgehead atoms. The van der Waals surface area contributed by atoms with Gasteiger partial charge in [0.05, 0.1) is 18.6 Å². The molecule has 172 valence electrons. The van der Waals surface area contributed by atoms with Crippen LogP contribution < -0.4 is 14.5 Å². The van der Waals surface area contributed by atoms with Gasteiger partial charge in [-0.05, 0) is 66.8 Å². The first-order valence-electron chi connectivity index (χ1n) is 11.2. The topological polar surface area (TPSA) is 70.2 Å². The molecule has 0 fully saturated rings. The van der Waals surface area contributed by atoms with Crippen molar-refractivity contribution in [2.75, 3.05) is 49.6 Å². The molecule has 0 aliphatic carbocycles. The highest BCUT2D eigenvalue weighted by Gasteiger charge is 2.29. The third-order valence-electron chi connectivity index (χ3n) is 6.42. The van der Waals surface area contributed by atoms with Crippen molar-refractivity contribution in [3.8, 4) is 5.75 Å². The van der Waals surface area contributed by atoms with E-state index in [2.05, 4.69) is 4.90 Å². The second-order valence-electron chi connectivity index (χ2n) is 8.19. The first-order valence-corrected chi connectivity index (χ1v) is 12.7. The SMILES string of the molecule is CCN(CC)S(=O)(=O)c1ccc2c(c1)CCN2CC(=O)N1CCCc2cc(OC)ccc21. The van der Waals surface area contributed by atoms with Gasteiger partial charge in [0.25, 0.3) is 0 Å². The average Bonchev–Trinajstić information content (AvgIpc) is 3.20. The van der Waals surface area contributed by atoms with Gasteiger partial charge >= 0.3 is 0 Å². The van der Waals surface area contributed by atoms with Crippen molar-refractivity contribution in [1.29, 1.82) is 0 Å². The maximum Gasteiger partial charge on any atom is 0.246 e. The van der Waals surface area contributed by atoms with Gasteiger partial charge in [-0.1, -0.05) is 13.8 Å². The van der Waals surface area contributed by atoms with E-state index in [1.807, 2.05) is 43.0 Å². The van der Waals surface area contributed by atoms with E-state index >= 15 is 0 Å². The van der Waals surface area contributed by atoms with Crippen molar-refractivity contribution in [3.05, 3.63) is 47.5 Å². The first-order chi connectivity index (χ1) is 15.4. The molecule has 2 aliphatic heterocycles. The minimum Gasteiger partial charge on any atom is -0.497 e. The van der Waals surface area contributed by atoms with Crippen LogP contribution in [0.5, 0.6) is 5.75 Å². The highest BCUT2D eigenvalue weighted by molar-refractivity contribution is 7.89. The minimum atomic E-state index is -3.49. The highest BCUT2D eigenvalue weighted by Crippen LogP contribution is 2.33. The Kier molecular flexibility index (Phi) is 6.44. The summed E-state index contributed by atoms with van der Waals surface area (Å²) in [7, 11) is -1.84.